The number of esters is 1. The molecule has 0 unspecified atom stereocenters. The van der Waals surface area contributed by atoms with Gasteiger partial charge in [0.15, 0.2) is 0 Å². The molecule has 0 amide bonds. The van der Waals surface area contributed by atoms with Gasteiger partial charge in [-0.15, -0.1) is 0 Å². The number of hydrogen-bond acceptors (Lipinski definition) is 2. The fraction of sp³-hybridized carbons (Fsp3) is 0.0294. The third-order valence-corrected chi connectivity index (χ3v) is 16.2. The molecule has 2 nitrogen and oxygen atoms in total. The van der Waals surface area contributed by atoms with Crippen molar-refractivity contribution in [3.63, 3.8) is 0 Å². The molecule has 4 heteroatoms. The van der Waals surface area contributed by atoms with Crippen molar-refractivity contribution in [2.24, 2.45) is 0 Å². The Balaban J connectivity index is 1.82. The molecule has 0 spiro atoms. The molecule has 0 bridgehead atoms. The number of carbonyl (C=O) groups excluding carboxylic acids is 1. The van der Waals surface area contributed by atoms with Crippen LogP contribution in [-0.2, 0) is 16.0 Å². The van der Waals surface area contributed by atoms with Crippen molar-refractivity contribution < 1.29 is 9.53 Å². The summed E-state index contributed by atoms with van der Waals surface area (Å²) in [7, 11) is 0. The first-order valence-electron chi connectivity index (χ1n) is 12.5. The maximum absolute atomic E-state index is 13.6. The molecular formula is C34H28BrO2P. The van der Waals surface area contributed by atoms with Crippen molar-refractivity contribution in [1.82, 2.24) is 0 Å². The Labute approximate surface area is 232 Å². The van der Waals surface area contributed by atoms with Crippen LogP contribution in [0, 0.1) is 0 Å². The molecule has 5 aromatic rings. The van der Waals surface area contributed by atoms with E-state index in [1.54, 1.807) is 0 Å². The monoisotopic (exact) mass is 578 g/mol. The van der Waals surface area contributed by atoms with E-state index in [1.165, 1.54) is 0 Å². The van der Waals surface area contributed by atoms with E-state index >= 15 is 0 Å². The average Bonchev–Trinajstić information content (AvgIpc) is 2.99. The Hall–Kier alpha value is -3.78. The SMILES string of the molecule is O=C(Cc1ccccc1)O/C(=C\c1ccccc1)P(Br)(c1ccccc1)(c1ccccc1)c1ccccc1. The fourth-order valence-corrected chi connectivity index (χ4v) is 12.0. The Kier molecular flexibility index (Phi) is 7.69. The summed E-state index contributed by atoms with van der Waals surface area (Å²) in [5.41, 5.74) is 2.45. The third-order valence-electron chi connectivity index (χ3n) is 6.64. The van der Waals surface area contributed by atoms with Crippen LogP contribution in [0.3, 0.4) is 0 Å². The van der Waals surface area contributed by atoms with Crippen LogP contribution in [0.15, 0.2) is 157 Å². The minimum atomic E-state index is -3.72. The standard InChI is InChI=1S/C34H28BrO2P/c35-38(30-20-10-3-11-21-30,31-22-12-4-13-23-31,32-24-14-5-15-25-32)34(27-29-18-8-2-9-19-29)37-33(36)26-28-16-6-1-7-17-28/h1-25,27H,26H2/b34-27+. The Morgan fingerprint density at radius 2 is 0.947 bits per heavy atom. The second-order valence-corrected chi connectivity index (χ2v) is 17.3. The Morgan fingerprint density at radius 3 is 1.37 bits per heavy atom. The molecule has 0 atom stereocenters. The van der Waals surface area contributed by atoms with Crippen molar-refractivity contribution in [2.75, 3.05) is 0 Å². The molecule has 0 aromatic heterocycles. The summed E-state index contributed by atoms with van der Waals surface area (Å²) in [6.45, 7) is 0. The fourth-order valence-electron chi connectivity index (χ4n) is 4.80. The van der Waals surface area contributed by atoms with Crippen molar-refractivity contribution in [2.45, 2.75) is 6.42 Å². The summed E-state index contributed by atoms with van der Waals surface area (Å²) in [6.07, 6.45) is 2.19. The van der Waals surface area contributed by atoms with E-state index in [4.69, 9.17) is 4.74 Å². The predicted molar refractivity (Wildman–Crippen MR) is 165 cm³/mol. The molecule has 0 saturated carbocycles. The van der Waals surface area contributed by atoms with Crippen molar-refractivity contribution in [3.8, 4) is 0 Å². The van der Waals surface area contributed by atoms with E-state index in [0.717, 1.165) is 27.0 Å². The molecule has 0 heterocycles. The van der Waals surface area contributed by atoms with Crippen molar-refractivity contribution in [3.05, 3.63) is 168 Å². The third kappa shape index (κ3) is 4.88. The van der Waals surface area contributed by atoms with Crippen LogP contribution in [0.1, 0.15) is 11.1 Å². The van der Waals surface area contributed by atoms with Gasteiger partial charge in [-0.25, -0.2) is 0 Å². The van der Waals surface area contributed by atoms with E-state index in [2.05, 4.69) is 51.9 Å². The predicted octanol–water partition coefficient (Wildman–Crippen LogP) is 7.61. The molecule has 0 aliphatic heterocycles. The number of rotatable bonds is 8. The average molecular weight is 579 g/mol. The molecule has 5 aromatic carbocycles. The molecule has 0 fully saturated rings. The van der Waals surface area contributed by atoms with Crippen LogP contribution in [0.4, 0.5) is 0 Å². The van der Waals surface area contributed by atoms with Crippen LogP contribution in [0.5, 0.6) is 0 Å². The first-order chi connectivity index (χ1) is 18.6. The van der Waals surface area contributed by atoms with E-state index < -0.39 is 5.31 Å². The molecule has 5 rings (SSSR count). The second-order valence-electron chi connectivity index (χ2n) is 9.05. The summed E-state index contributed by atoms with van der Waals surface area (Å²) in [5.74, 6) is -0.311. The molecule has 38 heavy (non-hydrogen) atoms. The second kappa shape index (κ2) is 11.3. The zero-order chi connectivity index (χ0) is 26.3. The quantitative estimate of drug-likeness (QED) is 0.108. The van der Waals surface area contributed by atoms with Gasteiger partial charge in [-0.1, -0.05) is 0 Å². The zero-order valence-electron chi connectivity index (χ0n) is 20.9. The number of ether oxygens (including phenoxy) is 1. The molecule has 0 aliphatic rings. The topological polar surface area (TPSA) is 26.3 Å². The van der Waals surface area contributed by atoms with Crippen LogP contribution < -0.4 is 15.9 Å². The van der Waals surface area contributed by atoms with Gasteiger partial charge in [-0.3, -0.25) is 0 Å². The van der Waals surface area contributed by atoms with Crippen LogP contribution in [0.2, 0.25) is 0 Å². The van der Waals surface area contributed by atoms with Gasteiger partial charge in [0.25, 0.3) is 0 Å². The summed E-state index contributed by atoms with van der Waals surface area (Å²) in [6, 6.07) is 50.7. The van der Waals surface area contributed by atoms with Crippen molar-refractivity contribution in [1.29, 1.82) is 0 Å². The summed E-state index contributed by atoms with van der Waals surface area (Å²) in [4.78, 5) is 13.6. The van der Waals surface area contributed by atoms with Gasteiger partial charge in [0.05, 0.1) is 0 Å². The summed E-state index contributed by atoms with van der Waals surface area (Å²) < 4.78 is 6.52. The number of halogens is 1. The van der Waals surface area contributed by atoms with Gasteiger partial charge in [-0.2, -0.15) is 0 Å². The van der Waals surface area contributed by atoms with Crippen LogP contribution >= 0.6 is 20.8 Å². The molecular weight excluding hydrogens is 551 g/mol. The first-order valence-corrected chi connectivity index (χ1v) is 16.8. The summed E-state index contributed by atoms with van der Waals surface area (Å²) >= 11 is 4.44. The molecule has 0 aliphatic carbocycles. The Bertz CT molecular complexity index is 1420. The number of benzene rings is 5. The van der Waals surface area contributed by atoms with Gasteiger partial charge in [0, 0.05) is 0 Å². The minimum absolute atomic E-state index is 0.171. The van der Waals surface area contributed by atoms with Gasteiger partial charge >= 0.3 is 233 Å². The van der Waals surface area contributed by atoms with Crippen LogP contribution in [-0.4, -0.2) is 5.97 Å². The first kappa shape index (κ1) is 25.9. The maximum atomic E-state index is 13.6. The molecule has 0 radical (unpaired) electrons. The van der Waals surface area contributed by atoms with Gasteiger partial charge < -0.3 is 0 Å². The number of hydrogen-bond donors (Lipinski definition) is 0. The molecule has 188 valence electrons. The van der Waals surface area contributed by atoms with E-state index in [-0.39, 0.29) is 12.4 Å². The van der Waals surface area contributed by atoms with Crippen LogP contribution in [0.25, 0.3) is 6.08 Å². The van der Waals surface area contributed by atoms with Gasteiger partial charge in [0.2, 0.25) is 0 Å². The number of carbonyl (C=O) groups is 1. The zero-order valence-corrected chi connectivity index (χ0v) is 23.3. The van der Waals surface area contributed by atoms with E-state index in [1.807, 2.05) is 121 Å². The van der Waals surface area contributed by atoms with Gasteiger partial charge in [0.1, 0.15) is 0 Å². The Morgan fingerprint density at radius 1 is 0.579 bits per heavy atom. The molecule has 0 saturated heterocycles. The normalized spacial score (nSPS) is 12.8. The van der Waals surface area contributed by atoms with E-state index in [9.17, 15) is 4.79 Å². The van der Waals surface area contributed by atoms with Gasteiger partial charge in [-0.05, 0) is 0 Å². The van der Waals surface area contributed by atoms with Crippen molar-refractivity contribution >= 4 is 48.8 Å². The molecule has 0 N–H and O–H groups in total. The van der Waals surface area contributed by atoms with E-state index in [0.29, 0.717) is 5.50 Å². The summed E-state index contributed by atoms with van der Waals surface area (Å²) in [5, 5.41) is -0.577.